The van der Waals surface area contributed by atoms with Crippen molar-refractivity contribution in [3.63, 3.8) is 0 Å². The number of hydrogen-bond acceptors (Lipinski definition) is 5. The number of aromatic nitrogens is 3. The molecule has 3 rings (SSSR count). The van der Waals surface area contributed by atoms with E-state index >= 15 is 0 Å². The molecule has 2 aromatic rings. The van der Waals surface area contributed by atoms with Gasteiger partial charge in [0.1, 0.15) is 0 Å². The first-order valence-corrected chi connectivity index (χ1v) is 8.72. The number of aryl methyl sites for hydroxylation is 1. The van der Waals surface area contributed by atoms with Crippen LogP contribution in [0.5, 0.6) is 0 Å². The highest BCUT2D eigenvalue weighted by molar-refractivity contribution is 8.06. The van der Waals surface area contributed by atoms with E-state index in [-0.39, 0.29) is 0 Å². The smallest absolute Gasteiger partial charge is 0.155 e. The number of rotatable bonds is 4. The van der Waals surface area contributed by atoms with Gasteiger partial charge in [0.15, 0.2) is 5.65 Å². The van der Waals surface area contributed by atoms with Crippen LogP contribution in [0.15, 0.2) is 18.5 Å². The van der Waals surface area contributed by atoms with E-state index in [0.717, 1.165) is 29.7 Å². The molecule has 19 heavy (non-hydrogen) atoms. The van der Waals surface area contributed by atoms with Gasteiger partial charge in [0.05, 0.1) is 5.69 Å². The average Bonchev–Trinajstić information content (AvgIpc) is 2.79. The summed E-state index contributed by atoms with van der Waals surface area (Å²) in [6.07, 6.45) is 4.00. The number of thioether (sulfide) groups is 2. The Kier molecular flexibility index (Phi) is 4.30. The zero-order valence-electron chi connectivity index (χ0n) is 11.0. The molecule has 1 aliphatic rings. The summed E-state index contributed by atoms with van der Waals surface area (Å²) in [6.45, 7) is 3.93. The van der Waals surface area contributed by atoms with Crippen LogP contribution < -0.4 is 5.32 Å². The Morgan fingerprint density at radius 1 is 1.47 bits per heavy atom. The normalized spacial score (nSPS) is 19.9. The number of fused-ring (bicyclic) bond motifs is 1. The van der Waals surface area contributed by atoms with Crippen LogP contribution in [0.2, 0.25) is 0 Å². The van der Waals surface area contributed by atoms with E-state index in [9.17, 15) is 0 Å². The van der Waals surface area contributed by atoms with E-state index in [1.807, 2.05) is 23.7 Å². The molecule has 0 aromatic carbocycles. The highest BCUT2D eigenvalue weighted by Gasteiger charge is 2.13. The summed E-state index contributed by atoms with van der Waals surface area (Å²) in [5.41, 5.74) is 3.11. The molecular weight excluding hydrogens is 276 g/mol. The van der Waals surface area contributed by atoms with Gasteiger partial charge in [-0.15, -0.1) is 0 Å². The molecule has 2 aromatic heterocycles. The molecule has 1 fully saturated rings. The van der Waals surface area contributed by atoms with Crippen molar-refractivity contribution >= 4 is 29.2 Å². The van der Waals surface area contributed by atoms with Crippen molar-refractivity contribution in [1.29, 1.82) is 0 Å². The van der Waals surface area contributed by atoms with Crippen molar-refractivity contribution < 1.29 is 0 Å². The fourth-order valence-electron chi connectivity index (χ4n) is 2.16. The minimum absolute atomic E-state index is 0.752. The van der Waals surface area contributed by atoms with Gasteiger partial charge < -0.3 is 5.32 Å². The van der Waals surface area contributed by atoms with Crippen molar-refractivity contribution in [2.45, 2.75) is 18.7 Å². The third-order valence-electron chi connectivity index (χ3n) is 3.08. The van der Waals surface area contributed by atoms with Crippen LogP contribution in [-0.2, 0) is 6.54 Å². The van der Waals surface area contributed by atoms with E-state index in [2.05, 4.69) is 45.1 Å². The summed E-state index contributed by atoms with van der Waals surface area (Å²) in [4.78, 5) is 4.42. The van der Waals surface area contributed by atoms with Crippen molar-refractivity contribution in [1.82, 2.24) is 19.9 Å². The van der Waals surface area contributed by atoms with Crippen LogP contribution in [-0.4, -0.2) is 43.7 Å². The van der Waals surface area contributed by atoms with Crippen LogP contribution in [0.3, 0.4) is 0 Å². The summed E-state index contributed by atoms with van der Waals surface area (Å²) in [5.74, 6) is 3.87. The third kappa shape index (κ3) is 3.43. The lowest BCUT2D eigenvalue weighted by molar-refractivity contribution is 0.679. The first-order chi connectivity index (χ1) is 9.31. The van der Waals surface area contributed by atoms with E-state index in [1.165, 1.54) is 22.8 Å². The minimum atomic E-state index is 0.752. The van der Waals surface area contributed by atoms with Crippen LogP contribution in [0.4, 0.5) is 0 Å². The zero-order chi connectivity index (χ0) is 13.1. The van der Waals surface area contributed by atoms with E-state index in [0.29, 0.717) is 0 Å². The first-order valence-electron chi connectivity index (χ1n) is 6.52. The number of hydrogen-bond donors (Lipinski definition) is 1. The monoisotopic (exact) mass is 294 g/mol. The Hall–Kier alpha value is -0.720. The molecule has 1 N–H and O–H groups in total. The predicted molar refractivity (Wildman–Crippen MR) is 83.0 cm³/mol. The van der Waals surface area contributed by atoms with Gasteiger partial charge in [0.2, 0.25) is 0 Å². The molecule has 1 unspecified atom stereocenters. The molecule has 0 bridgehead atoms. The highest BCUT2D eigenvalue weighted by atomic mass is 32.2. The Morgan fingerprint density at radius 3 is 3.26 bits per heavy atom. The topological polar surface area (TPSA) is 42.2 Å². The molecule has 0 aliphatic carbocycles. The average molecular weight is 294 g/mol. The molecule has 1 atom stereocenters. The molecule has 3 heterocycles. The fraction of sp³-hybridized carbons (Fsp3) is 0.538. The van der Waals surface area contributed by atoms with Gasteiger partial charge in [0.25, 0.3) is 0 Å². The molecule has 0 spiro atoms. The minimum Gasteiger partial charge on any atom is -0.311 e. The highest BCUT2D eigenvalue weighted by Crippen LogP contribution is 2.23. The van der Waals surface area contributed by atoms with Crippen molar-refractivity contribution in [3.8, 4) is 0 Å². The lowest BCUT2D eigenvalue weighted by Gasteiger charge is -2.21. The van der Waals surface area contributed by atoms with E-state index in [1.54, 1.807) is 0 Å². The fourth-order valence-corrected chi connectivity index (χ4v) is 4.80. The van der Waals surface area contributed by atoms with Crippen molar-refractivity contribution in [2.24, 2.45) is 0 Å². The van der Waals surface area contributed by atoms with Gasteiger partial charge in [-0.05, 0) is 6.92 Å². The molecule has 6 heteroatoms. The van der Waals surface area contributed by atoms with Crippen molar-refractivity contribution in [3.05, 3.63) is 29.7 Å². The Labute approximate surface area is 121 Å². The maximum absolute atomic E-state index is 4.42. The van der Waals surface area contributed by atoms with Gasteiger partial charge in [-0.3, -0.25) is 0 Å². The Balaban J connectivity index is 1.55. The van der Waals surface area contributed by atoms with Crippen LogP contribution in [0.1, 0.15) is 11.3 Å². The van der Waals surface area contributed by atoms with Crippen LogP contribution >= 0.6 is 23.5 Å². The zero-order valence-corrected chi connectivity index (χ0v) is 12.6. The number of nitrogens with zero attached hydrogens (tertiary/aromatic N) is 3. The van der Waals surface area contributed by atoms with Crippen LogP contribution in [0, 0.1) is 6.92 Å². The summed E-state index contributed by atoms with van der Waals surface area (Å²) in [6, 6.07) is 1.99. The molecule has 0 radical (unpaired) electrons. The van der Waals surface area contributed by atoms with E-state index in [4.69, 9.17) is 0 Å². The maximum Gasteiger partial charge on any atom is 0.155 e. The van der Waals surface area contributed by atoms with Gasteiger partial charge >= 0.3 is 0 Å². The predicted octanol–water partition coefficient (Wildman–Crippen LogP) is 1.98. The summed E-state index contributed by atoms with van der Waals surface area (Å²) in [5, 5.41) is 8.67. The third-order valence-corrected chi connectivity index (χ3v) is 5.92. The van der Waals surface area contributed by atoms with E-state index < -0.39 is 0 Å². The largest absolute Gasteiger partial charge is 0.311 e. The number of nitrogens with one attached hydrogen (secondary N) is 1. The molecule has 0 saturated carbocycles. The second kappa shape index (κ2) is 6.15. The lowest BCUT2D eigenvalue weighted by atomic mass is 10.3. The SMILES string of the molecule is Cc1cc2ncc(CNCC3CSCCS3)cn2n1. The Bertz CT molecular complexity index is 549. The molecule has 0 amide bonds. The maximum atomic E-state index is 4.42. The standard InChI is InChI=1S/C13H18N4S2/c1-10-4-13-15-6-11(8-17(13)16-10)5-14-7-12-9-18-2-3-19-12/h4,6,8,12,14H,2-3,5,7,9H2,1H3. The van der Waals surface area contributed by atoms with Crippen molar-refractivity contribution in [2.75, 3.05) is 23.8 Å². The molecular formula is C13H18N4S2. The quantitative estimate of drug-likeness (QED) is 0.934. The van der Waals surface area contributed by atoms with Gasteiger partial charge in [0, 0.05) is 59.6 Å². The second-order valence-electron chi connectivity index (χ2n) is 4.75. The van der Waals surface area contributed by atoms with Crippen LogP contribution in [0.25, 0.3) is 5.65 Å². The first kappa shape index (κ1) is 13.3. The van der Waals surface area contributed by atoms with Gasteiger partial charge in [-0.1, -0.05) is 0 Å². The van der Waals surface area contributed by atoms with Gasteiger partial charge in [-0.25, -0.2) is 9.50 Å². The second-order valence-corrected chi connectivity index (χ2v) is 7.31. The molecule has 1 saturated heterocycles. The molecule has 1 aliphatic heterocycles. The molecule has 4 nitrogen and oxygen atoms in total. The Morgan fingerprint density at radius 2 is 2.42 bits per heavy atom. The lowest BCUT2D eigenvalue weighted by Crippen LogP contribution is -2.28. The van der Waals surface area contributed by atoms with Gasteiger partial charge in [-0.2, -0.15) is 28.6 Å². The summed E-state index contributed by atoms with van der Waals surface area (Å²) >= 11 is 4.15. The molecule has 102 valence electrons. The summed E-state index contributed by atoms with van der Waals surface area (Å²) < 4.78 is 1.86. The summed E-state index contributed by atoms with van der Waals surface area (Å²) in [7, 11) is 0.